The van der Waals surface area contributed by atoms with E-state index in [1.807, 2.05) is 91.0 Å². The van der Waals surface area contributed by atoms with E-state index in [1.54, 1.807) is 0 Å². The van der Waals surface area contributed by atoms with Crippen molar-refractivity contribution in [2.24, 2.45) is 0 Å². The summed E-state index contributed by atoms with van der Waals surface area (Å²) in [5.41, 5.74) is 5.67. The average Bonchev–Trinajstić information content (AvgIpc) is 3.90. The van der Waals surface area contributed by atoms with Crippen LogP contribution in [0.15, 0.2) is 158 Å². The van der Waals surface area contributed by atoms with Crippen LogP contribution < -0.4 is 0 Å². The second-order valence-corrected chi connectivity index (χ2v) is 12.3. The molecule has 0 saturated heterocycles. The molecule has 0 aromatic heterocycles. The summed E-state index contributed by atoms with van der Waals surface area (Å²) < 4.78 is 3.34. The third-order valence-corrected chi connectivity index (χ3v) is 9.15. The van der Waals surface area contributed by atoms with Gasteiger partial charge in [0.15, 0.2) is 0 Å². The van der Waals surface area contributed by atoms with Gasteiger partial charge in [-0.05, 0) is 38.5 Å². The van der Waals surface area contributed by atoms with Crippen LogP contribution in [0.2, 0.25) is 10.0 Å². The molecular formula is C47H34Cl4Zr-4. The van der Waals surface area contributed by atoms with Gasteiger partial charge in [-0.15, -0.1) is 166 Å². The van der Waals surface area contributed by atoms with E-state index in [2.05, 4.69) is 95.2 Å². The molecule has 0 radical (unpaired) electrons. The van der Waals surface area contributed by atoms with Gasteiger partial charge in [-0.2, -0.15) is 6.08 Å². The largest absolute Gasteiger partial charge is 0.147 e. The molecule has 0 spiro atoms. The molecule has 0 heterocycles. The van der Waals surface area contributed by atoms with Crippen LogP contribution >= 0.6 is 48.0 Å². The van der Waals surface area contributed by atoms with Crippen molar-refractivity contribution >= 4 is 95.3 Å². The van der Waals surface area contributed by atoms with Crippen LogP contribution in [0.4, 0.5) is 0 Å². The maximum absolute atomic E-state index is 5.94. The van der Waals surface area contributed by atoms with E-state index < -0.39 is 0 Å². The van der Waals surface area contributed by atoms with E-state index in [0.29, 0.717) is 0 Å². The normalized spacial score (nSPS) is 11.2. The van der Waals surface area contributed by atoms with Gasteiger partial charge in [-0.25, -0.2) is 12.2 Å². The summed E-state index contributed by atoms with van der Waals surface area (Å²) in [5, 5.41) is 11.2. The Bertz CT molecular complexity index is 2370. The monoisotopic (exact) mass is 828 g/mol. The standard InChI is InChI=1S/C21H13.2C10H6Cl.C5H5.CH2.2ClH.Zr/c1-2-8-15-14(7-1)13-20-18-11-4-3-9-16(18)17-10-5-6-12-19(17)21(15)20;2*11-10-7-3-5-8-4-1-2-6-9(8)10;1-2-4-5-3-1;;;;/h1-10,12H,13H2;2*1-4,6-7H;1-3H,4H2;1H2;2*1H;/q4*-1;;;;. The quantitative estimate of drug-likeness (QED) is 0.105. The van der Waals surface area contributed by atoms with Gasteiger partial charge in [0.1, 0.15) is 0 Å². The Morgan fingerprint density at radius 1 is 0.538 bits per heavy atom. The third-order valence-electron chi connectivity index (χ3n) is 8.49. The fourth-order valence-electron chi connectivity index (χ4n) is 6.29. The topological polar surface area (TPSA) is 0 Å². The minimum Gasteiger partial charge on any atom is -0.147 e. The Labute approximate surface area is 343 Å². The molecule has 0 unspecified atom stereocenters. The summed E-state index contributed by atoms with van der Waals surface area (Å²) >= 11 is 13.2. The molecule has 52 heavy (non-hydrogen) atoms. The molecule has 0 aliphatic heterocycles. The summed E-state index contributed by atoms with van der Waals surface area (Å²) in [7, 11) is 0. The van der Waals surface area contributed by atoms with Crippen molar-refractivity contribution < 1.29 is 24.2 Å². The van der Waals surface area contributed by atoms with E-state index >= 15 is 0 Å². The van der Waals surface area contributed by atoms with Gasteiger partial charge in [0, 0.05) is 0 Å². The van der Waals surface area contributed by atoms with Gasteiger partial charge in [0.05, 0.1) is 0 Å². The van der Waals surface area contributed by atoms with Crippen LogP contribution in [0, 0.1) is 24.3 Å². The molecule has 0 N–H and O–H groups in total. The van der Waals surface area contributed by atoms with Gasteiger partial charge in [-0.1, -0.05) is 89.0 Å². The summed E-state index contributed by atoms with van der Waals surface area (Å²) in [6, 6.07) is 56.8. The van der Waals surface area contributed by atoms with Gasteiger partial charge >= 0.3 is 28.4 Å². The number of allylic oxidation sites excluding steroid dienone is 4. The zero-order valence-electron chi connectivity index (χ0n) is 28.2. The van der Waals surface area contributed by atoms with Crippen LogP contribution in [0.25, 0.3) is 54.2 Å². The van der Waals surface area contributed by atoms with Crippen LogP contribution in [0.1, 0.15) is 17.5 Å². The Morgan fingerprint density at radius 2 is 1.08 bits per heavy atom. The predicted molar refractivity (Wildman–Crippen MR) is 227 cm³/mol. The zero-order valence-corrected chi connectivity index (χ0v) is 33.8. The first kappa shape index (κ1) is 41.0. The Balaban J connectivity index is 0.000000167. The first-order chi connectivity index (χ1) is 24.7. The minimum atomic E-state index is 0. The maximum Gasteiger partial charge on any atom is -0.0240 e. The van der Waals surface area contributed by atoms with E-state index in [9.17, 15) is 0 Å². The number of benzene rings is 8. The van der Waals surface area contributed by atoms with Crippen LogP contribution in [-0.4, -0.2) is 4.21 Å². The van der Waals surface area contributed by atoms with Crippen molar-refractivity contribution in [3.8, 4) is 11.1 Å². The van der Waals surface area contributed by atoms with E-state index in [-0.39, 0.29) is 24.8 Å². The molecular weight excluding hydrogens is 798 g/mol. The Kier molecular flexibility index (Phi) is 16.1. The van der Waals surface area contributed by atoms with Crippen molar-refractivity contribution in [2.75, 3.05) is 0 Å². The van der Waals surface area contributed by atoms with Crippen molar-refractivity contribution in [2.45, 2.75) is 12.8 Å². The van der Waals surface area contributed by atoms with E-state index in [0.717, 1.165) is 44.4 Å². The molecule has 8 aromatic rings. The van der Waals surface area contributed by atoms with Crippen molar-refractivity contribution in [1.82, 2.24) is 0 Å². The van der Waals surface area contributed by atoms with E-state index in [1.165, 1.54) is 68.0 Å². The molecule has 2 aliphatic rings. The molecule has 0 bridgehead atoms. The Hall–Kier alpha value is -3.81. The van der Waals surface area contributed by atoms with E-state index in [4.69, 9.17) is 23.2 Å². The number of hydrogen-bond donors (Lipinski definition) is 0. The maximum atomic E-state index is 5.94. The zero-order chi connectivity index (χ0) is 34.7. The van der Waals surface area contributed by atoms with Crippen molar-refractivity contribution in [1.29, 1.82) is 0 Å². The predicted octanol–water partition coefficient (Wildman–Crippen LogP) is 14.1. The molecule has 2 aliphatic carbocycles. The molecule has 0 nitrogen and oxygen atoms in total. The van der Waals surface area contributed by atoms with Gasteiger partial charge in [0.2, 0.25) is 0 Å². The second-order valence-electron chi connectivity index (χ2n) is 11.4. The fraction of sp³-hybridized carbons (Fsp3) is 0.0426. The SMILES string of the molecule is Cl.Cl.Clc1cc[c-]c2ccccc12.Clc1cc[c-]c2ccccc12.[C-]1=CC=CC1.[CH2]=[Zr].[c-]1cccc2c1c1c(c3ccccc32)-c2ccccc2C1. The molecule has 0 amide bonds. The van der Waals surface area contributed by atoms with Crippen LogP contribution in [0.3, 0.4) is 0 Å². The summed E-state index contributed by atoms with van der Waals surface area (Å²) in [5.74, 6) is 0. The third kappa shape index (κ3) is 9.40. The summed E-state index contributed by atoms with van der Waals surface area (Å²) in [6.07, 6.45) is 11.0. The van der Waals surface area contributed by atoms with Crippen molar-refractivity contribution in [3.05, 3.63) is 203 Å². The van der Waals surface area contributed by atoms with Crippen LogP contribution in [0.5, 0.6) is 0 Å². The Morgan fingerprint density at radius 3 is 1.63 bits per heavy atom. The molecule has 8 aromatic carbocycles. The van der Waals surface area contributed by atoms with Crippen LogP contribution in [-0.2, 0) is 30.7 Å². The number of halogens is 4. The van der Waals surface area contributed by atoms with Crippen molar-refractivity contribution in [3.63, 3.8) is 0 Å². The van der Waals surface area contributed by atoms with Gasteiger partial charge < -0.3 is 0 Å². The minimum absolute atomic E-state index is 0. The smallest absolute Gasteiger partial charge is 0.0240 e. The van der Waals surface area contributed by atoms with Gasteiger partial charge in [0.25, 0.3) is 0 Å². The molecule has 0 atom stereocenters. The fourth-order valence-corrected chi connectivity index (χ4v) is 6.75. The van der Waals surface area contributed by atoms with Gasteiger partial charge in [-0.3, -0.25) is 6.08 Å². The summed E-state index contributed by atoms with van der Waals surface area (Å²) in [4.78, 5) is 0. The molecule has 258 valence electrons. The molecule has 10 rings (SSSR count). The second kappa shape index (κ2) is 20.4. The number of rotatable bonds is 0. The molecule has 5 heteroatoms. The summed E-state index contributed by atoms with van der Waals surface area (Å²) in [6.45, 7) is 0. The molecule has 0 fully saturated rings. The first-order valence-corrected chi connectivity index (χ1v) is 18.8. The number of fused-ring (bicyclic) bond motifs is 10. The molecule has 0 saturated carbocycles. The number of hydrogen-bond acceptors (Lipinski definition) is 0. The average molecular weight is 832 g/mol. The first-order valence-electron chi connectivity index (χ1n) is 16.3.